The largest absolute Gasteiger partial charge is 0.348 e. The van der Waals surface area contributed by atoms with Gasteiger partial charge >= 0.3 is 0 Å². The minimum atomic E-state index is -0.927. The standard InChI is InChI=1S/C12H16F2N2O/c1-3-11(15)12(17)16-7(2)8-4-5-9(13)10(14)6-8/h4-7,11H,3,15H2,1-2H3,(H,16,17). The Morgan fingerprint density at radius 3 is 2.59 bits per heavy atom. The van der Waals surface area contributed by atoms with Gasteiger partial charge in [0, 0.05) is 0 Å². The lowest BCUT2D eigenvalue weighted by Crippen LogP contribution is -2.41. The van der Waals surface area contributed by atoms with E-state index in [1.165, 1.54) is 6.07 Å². The predicted octanol–water partition coefficient (Wildman–Crippen LogP) is 1.88. The highest BCUT2D eigenvalue weighted by atomic mass is 19.2. The fourth-order valence-electron chi connectivity index (χ4n) is 1.37. The Balaban J connectivity index is 2.73. The number of hydrogen-bond acceptors (Lipinski definition) is 2. The predicted molar refractivity (Wildman–Crippen MR) is 61.2 cm³/mol. The van der Waals surface area contributed by atoms with Crippen molar-refractivity contribution in [2.75, 3.05) is 0 Å². The van der Waals surface area contributed by atoms with E-state index in [1.54, 1.807) is 13.8 Å². The third kappa shape index (κ3) is 3.49. The smallest absolute Gasteiger partial charge is 0.237 e. The minimum absolute atomic E-state index is 0.301. The Hall–Kier alpha value is -1.49. The molecular weight excluding hydrogens is 226 g/mol. The molecule has 2 unspecified atom stereocenters. The van der Waals surface area contributed by atoms with Gasteiger partial charge in [-0.25, -0.2) is 8.78 Å². The van der Waals surface area contributed by atoms with Crippen molar-refractivity contribution in [3.05, 3.63) is 35.4 Å². The molecule has 0 aliphatic rings. The number of hydrogen-bond donors (Lipinski definition) is 2. The lowest BCUT2D eigenvalue weighted by molar-refractivity contribution is -0.123. The third-order valence-electron chi connectivity index (χ3n) is 2.58. The molecule has 2 atom stereocenters. The first-order chi connectivity index (χ1) is 7.95. The minimum Gasteiger partial charge on any atom is -0.348 e. The Morgan fingerprint density at radius 2 is 2.06 bits per heavy atom. The van der Waals surface area contributed by atoms with Crippen LogP contribution in [-0.4, -0.2) is 11.9 Å². The highest BCUT2D eigenvalue weighted by Gasteiger charge is 2.15. The van der Waals surface area contributed by atoms with E-state index in [0.717, 1.165) is 12.1 Å². The van der Waals surface area contributed by atoms with E-state index in [-0.39, 0.29) is 5.91 Å². The van der Waals surface area contributed by atoms with Gasteiger partial charge < -0.3 is 11.1 Å². The summed E-state index contributed by atoms with van der Waals surface area (Å²) in [5.74, 6) is -2.13. The molecule has 1 aromatic carbocycles. The van der Waals surface area contributed by atoms with Crippen molar-refractivity contribution in [1.29, 1.82) is 0 Å². The maximum Gasteiger partial charge on any atom is 0.237 e. The molecule has 0 bridgehead atoms. The number of carbonyl (C=O) groups is 1. The summed E-state index contributed by atoms with van der Waals surface area (Å²) in [6.45, 7) is 3.49. The van der Waals surface area contributed by atoms with Crippen LogP contribution >= 0.6 is 0 Å². The number of nitrogens with two attached hydrogens (primary N) is 1. The quantitative estimate of drug-likeness (QED) is 0.847. The van der Waals surface area contributed by atoms with Gasteiger partial charge in [-0.05, 0) is 31.0 Å². The first kappa shape index (κ1) is 13.6. The van der Waals surface area contributed by atoms with Crippen LogP contribution in [0.15, 0.2) is 18.2 Å². The Bertz CT molecular complexity index is 409. The lowest BCUT2D eigenvalue weighted by Gasteiger charge is -2.17. The molecule has 3 nitrogen and oxygen atoms in total. The first-order valence-corrected chi connectivity index (χ1v) is 5.46. The zero-order valence-electron chi connectivity index (χ0n) is 9.84. The van der Waals surface area contributed by atoms with Gasteiger partial charge in [0.15, 0.2) is 11.6 Å². The molecule has 0 radical (unpaired) electrons. The topological polar surface area (TPSA) is 55.1 Å². The maximum atomic E-state index is 13.0. The van der Waals surface area contributed by atoms with Gasteiger partial charge in [-0.3, -0.25) is 4.79 Å². The number of halogens is 2. The molecule has 17 heavy (non-hydrogen) atoms. The van der Waals surface area contributed by atoms with E-state index in [4.69, 9.17) is 5.73 Å². The summed E-state index contributed by atoms with van der Waals surface area (Å²) in [4.78, 5) is 11.5. The number of carbonyl (C=O) groups excluding carboxylic acids is 1. The normalized spacial score (nSPS) is 14.2. The van der Waals surface area contributed by atoms with Gasteiger partial charge in [-0.2, -0.15) is 0 Å². The molecule has 1 amide bonds. The molecule has 0 saturated heterocycles. The molecule has 1 rings (SSSR count). The fourth-order valence-corrected chi connectivity index (χ4v) is 1.37. The lowest BCUT2D eigenvalue weighted by atomic mass is 10.1. The van der Waals surface area contributed by atoms with E-state index in [2.05, 4.69) is 5.32 Å². The molecule has 0 heterocycles. The van der Waals surface area contributed by atoms with E-state index in [9.17, 15) is 13.6 Å². The molecule has 0 aromatic heterocycles. The number of amides is 1. The summed E-state index contributed by atoms with van der Waals surface area (Å²) in [6, 6.07) is 2.55. The Kier molecular flexibility index (Phi) is 4.57. The molecular formula is C12H16F2N2O. The first-order valence-electron chi connectivity index (χ1n) is 5.46. The number of benzene rings is 1. The third-order valence-corrected chi connectivity index (χ3v) is 2.58. The summed E-state index contributed by atoms with van der Waals surface area (Å²) < 4.78 is 25.7. The summed E-state index contributed by atoms with van der Waals surface area (Å²) in [5, 5.41) is 2.64. The molecule has 0 fully saturated rings. The molecule has 3 N–H and O–H groups in total. The van der Waals surface area contributed by atoms with E-state index in [0.29, 0.717) is 12.0 Å². The van der Waals surface area contributed by atoms with Crippen molar-refractivity contribution >= 4 is 5.91 Å². The average molecular weight is 242 g/mol. The van der Waals surface area contributed by atoms with Crippen LogP contribution in [0.2, 0.25) is 0 Å². The van der Waals surface area contributed by atoms with Gasteiger partial charge in [-0.1, -0.05) is 13.0 Å². The summed E-state index contributed by atoms with van der Waals surface area (Å²) in [7, 11) is 0. The zero-order valence-corrected chi connectivity index (χ0v) is 9.84. The molecule has 0 spiro atoms. The second kappa shape index (κ2) is 5.72. The SMILES string of the molecule is CCC(N)C(=O)NC(C)c1ccc(F)c(F)c1. The monoisotopic (exact) mass is 242 g/mol. The molecule has 5 heteroatoms. The number of rotatable bonds is 4. The van der Waals surface area contributed by atoms with E-state index >= 15 is 0 Å². The van der Waals surface area contributed by atoms with Crippen LogP contribution in [-0.2, 0) is 4.79 Å². The molecule has 0 aliphatic carbocycles. The second-order valence-corrected chi connectivity index (χ2v) is 3.92. The van der Waals surface area contributed by atoms with Crippen LogP contribution in [0.25, 0.3) is 0 Å². The average Bonchev–Trinajstić information content (AvgIpc) is 2.31. The van der Waals surface area contributed by atoms with Crippen LogP contribution in [0.5, 0.6) is 0 Å². The van der Waals surface area contributed by atoms with Gasteiger partial charge in [-0.15, -0.1) is 0 Å². The van der Waals surface area contributed by atoms with Gasteiger partial charge in [0.1, 0.15) is 0 Å². The molecule has 94 valence electrons. The van der Waals surface area contributed by atoms with Crippen LogP contribution in [0.3, 0.4) is 0 Å². The van der Waals surface area contributed by atoms with Crippen molar-refractivity contribution in [1.82, 2.24) is 5.32 Å². The van der Waals surface area contributed by atoms with Crippen molar-refractivity contribution < 1.29 is 13.6 Å². The Morgan fingerprint density at radius 1 is 1.41 bits per heavy atom. The molecule has 0 saturated carbocycles. The second-order valence-electron chi connectivity index (χ2n) is 3.92. The van der Waals surface area contributed by atoms with Crippen LogP contribution < -0.4 is 11.1 Å². The van der Waals surface area contributed by atoms with E-state index < -0.39 is 23.7 Å². The summed E-state index contributed by atoms with van der Waals surface area (Å²) in [6.07, 6.45) is 0.524. The van der Waals surface area contributed by atoms with Crippen LogP contribution in [0, 0.1) is 11.6 Å². The van der Waals surface area contributed by atoms with Crippen molar-refractivity contribution in [3.63, 3.8) is 0 Å². The van der Waals surface area contributed by atoms with Crippen molar-refractivity contribution in [3.8, 4) is 0 Å². The number of nitrogens with one attached hydrogen (secondary N) is 1. The zero-order chi connectivity index (χ0) is 13.0. The van der Waals surface area contributed by atoms with Crippen LogP contribution in [0.1, 0.15) is 31.9 Å². The fraction of sp³-hybridized carbons (Fsp3) is 0.417. The Labute approximate surface area is 99.0 Å². The summed E-state index contributed by atoms with van der Waals surface area (Å²) >= 11 is 0. The van der Waals surface area contributed by atoms with Crippen LogP contribution in [0.4, 0.5) is 8.78 Å². The van der Waals surface area contributed by atoms with E-state index in [1.807, 2.05) is 0 Å². The molecule has 1 aromatic rings. The highest BCUT2D eigenvalue weighted by Crippen LogP contribution is 2.15. The highest BCUT2D eigenvalue weighted by molar-refractivity contribution is 5.81. The van der Waals surface area contributed by atoms with Gasteiger partial charge in [0.25, 0.3) is 0 Å². The van der Waals surface area contributed by atoms with Gasteiger partial charge in [0.05, 0.1) is 12.1 Å². The van der Waals surface area contributed by atoms with Gasteiger partial charge in [0.2, 0.25) is 5.91 Å². The summed E-state index contributed by atoms with van der Waals surface area (Å²) in [5.41, 5.74) is 6.05. The van der Waals surface area contributed by atoms with Crippen molar-refractivity contribution in [2.45, 2.75) is 32.4 Å². The maximum absolute atomic E-state index is 13.0. The molecule has 0 aliphatic heterocycles. The van der Waals surface area contributed by atoms with Crippen molar-refractivity contribution in [2.24, 2.45) is 5.73 Å².